The number of thiophene rings is 1. The molecule has 2 heterocycles. The van der Waals surface area contributed by atoms with Crippen LogP contribution in [0, 0.1) is 10.1 Å². The third kappa shape index (κ3) is 3.59. The number of rotatable bonds is 5. The molecule has 1 amide bonds. The van der Waals surface area contributed by atoms with E-state index in [2.05, 4.69) is 15.3 Å². The van der Waals surface area contributed by atoms with Crippen LogP contribution in [0.5, 0.6) is 5.88 Å². The lowest BCUT2D eigenvalue weighted by Crippen LogP contribution is -2.20. The first-order chi connectivity index (χ1) is 13.1. The highest BCUT2D eigenvalue weighted by molar-refractivity contribution is 7.18. The summed E-state index contributed by atoms with van der Waals surface area (Å²) in [5, 5.41) is 14.3. The quantitative estimate of drug-likeness (QED) is 0.533. The second-order valence-corrected chi connectivity index (χ2v) is 7.30. The first-order valence-electron chi connectivity index (χ1n) is 8.54. The average Bonchev–Trinajstić information content (AvgIpc) is 3.05. The van der Waals surface area contributed by atoms with Gasteiger partial charge in [0.2, 0.25) is 5.88 Å². The molecule has 0 saturated heterocycles. The van der Waals surface area contributed by atoms with Crippen molar-refractivity contribution < 1.29 is 14.5 Å². The number of ether oxygens (including phenoxy) is 1. The topological polar surface area (TPSA) is 107 Å². The Hall–Kier alpha value is -3.07. The number of aryl methyl sites for hydroxylation is 2. The van der Waals surface area contributed by atoms with Gasteiger partial charge in [0, 0.05) is 22.7 Å². The fraction of sp³-hybridized carbons (Fsp3) is 0.278. The summed E-state index contributed by atoms with van der Waals surface area (Å²) in [6.07, 6.45) is 5.76. The van der Waals surface area contributed by atoms with Crippen molar-refractivity contribution in [2.45, 2.75) is 25.7 Å². The molecule has 0 unspecified atom stereocenters. The number of carbonyl (C=O) groups is 1. The molecule has 3 aromatic rings. The number of carbonyl (C=O) groups excluding carboxylic acids is 1. The Labute approximate surface area is 158 Å². The highest BCUT2D eigenvalue weighted by Crippen LogP contribution is 2.38. The molecular formula is C18H16N4O4S. The van der Waals surface area contributed by atoms with Crippen LogP contribution in [-0.2, 0) is 17.6 Å². The molecule has 0 radical (unpaired) electrons. The Balaban J connectivity index is 1.49. The van der Waals surface area contributed by atoms with Crippen molar-refractivity contribution in [3.05, 3.63) is 51.1 Å². The summed E-state index contributed by atoms with van der Waals surface area (Å²) >= 11 is 1.66. The molecule has 27 heavy (non-hydrogen) atoms. The summed E-state index contributed by atoms with van der Waals surface area (Å²) in [4.78, 5) is 33.2. The Morgan fingerprint density at radius 1 is 1.30 bits per heavy atom. The lowest BCUT2D eigenvalue weighted by molar-refractivity contribution is -0.384. The predicted molar refractivity (Wildman–Crippen MR) is 101 cm³/mol. The smallest absolute Gasteiger partial charge is 0.271 e. The van der Waals surface area contributed by atoms with Crippen molar-refractivity contribution in [1.29, 1.82) is 0 Å². The highest BCUT2D eigenvalue weighted by Gasteiger charge is 2.21. The number of benzene rings is 1. The minimum atomic E-state index is -0.510. The van der Waals surface area contributed by atoms with Crippen LogP contribution in [-0.4, -0.2) is 27.4 Å². The van der Waals surface area contributed by atoms with E-state index in [0.717, 1.165) is 29.5 Å². The number of non-ortho nitro benzene ring substituents is 1. The molecule has 1 aromatic carbocycles. The molecule has 2 aromatic heterocycles. The second-order valence-electron chi connectivity index (χ2n) is 6.21. The number of nitro benzene ring substituents is 1. The van der Waals surface area contributed by atoms with Gasteiger partial charge in [-0.15, -0.1) is 11.3 Å². The van der Waals surface area contributed by atoms with Crippen LogP contribution in [0.3, 0.4) is 0 Å². The van der Waals surface area contributed by atoms with E-state index in [0.29, 0.717) is 11.6 Å². The monoisotopic (exact) mass is 384 g/mol. The number of aromatic nitrogens is 2. The van der Waals surface area contributed by atoms with Gasteiger partial charge in [-0.25, -0.2) is 9.97 Å². The van der Waals surface area contributed by atoms with Gasteiger partial charge in [0.1, 0.15) is 11.2 Å². The summed E-state index contributed by atoms with van der Waals surface area (Å²) in [6.45, 7) is -0.237. The van der Waals surface area contributed by atoms with Crippen molar-refractivity contribution in [2.24, 2.45) is 0 Å². The van der Waals surface area contributed by atoms with Crippen LogP contribution in [0.4, 0.5) is 11.4 Å². The molecule has 0 atom stereocenters. The maximum Gasteiger partial charge on any atom is 0.271 e. The Morgan fingerprint density at radius 2 is 2.15 bits per heavy atom. The number of nitro groups is 1. The third-order valence-electron chi connectivity index (χ3n) is 4.40. The second kappa shape index (κ2) is 7.28. The summed E-state index contributed by atoms with van der Waals surface area (Å²) in [7, 11) is 0. The van der Waals surface area contributed by atoms with E-state index in [1.54, 1.807) is 17.4 Å². The molecule has 0 saturated carbocycles. The van der Waals surface area contributed by atoms with Gasteiger partial charge in [0.15, 0.2) is 6.61 Å². The predicted octanol–water partition coefficient (Wildman–Crippen LogP) is 3.50. The maximum absolute atomic E-state index is 12.2. The molecule has 0 aliphatic heterocycles. The number of anilines is 1. The van der Waals surface area contributed by atoms with Gasteiger partial charge >= 0.3 is 0 Å². The number of hydrogen-bond acceptors (Lipinski definition) is 7. The summed E-state index contributed by atoms with van der Waals surface area (Å²) < 4.78 is 5.67. The standard InChI is InChI=1S/C18H16N4O4S/c23-15(21-11-4-3-5-12(8-11)22(24)25)9-26-17-16-13-6-1-2-7-14(13)27-18(16)20-10-19-17/h3-5,8,10H,1-2,6-7,9H2,(H,21,23). The van der Waals surface area contributed by atoms with Crippen LogP contribution in [0.2, 0.25) is 0 Å². The largest absolute Gasteiger partial charge is 0.467 e. The molecule has 4 rings (SSSR count). The van der Waals surface area contributed by atoms with E-state index in [4.69, 9.17) is 4.74 Å². The summed E-state index contributed by atoms with van der Waals surface area (Å²) in [6, 6.07) is 5.77. The van der Waals surface area contributed by atoms with Gasteiger partial charge < -0.3 is 10.1 Å². The van der Waals surface area contributed by atoms with Gasteiger partial charge in [-0.1, -0.05) is 6.07 Å². The van der Waals surface area contributed by atoms with E-state index >= 15 is 0 Å². The van der Waals surface area contributed by atoms with Gasteiger partial charge in [0.05, 0.1) is 10.3 Å². The number of nitrogens with one attached hydrogen (secondary N) is 1. The lowest BCUT2D eigenvalue weighted by Gasteiger charge is -2.12. The molecular weight excluding hydrogens is 368 g/mol. The summed E-state index contributed by atoms with van der Waals surface area (Å²) in [5.74, 6) is -0.0000466. The lowest BCUT2D eigenvalue weighted by atomic mass is 9.97. The highest BCUT2D eigenvalue weighted by atomic mass is 32.1. The zero-order chi connectivity index (χ0) is 18.8. The van der Waals surface area contributed by atoms with E-state index in [-0.39, 0.29) is 12.3 Å². The average molecular weight is 384 g/mol. The van der Waals surface area contributed by atoms with Gasteiger partial charge in [-0.2, -0.15) is 0 Å². The molecule has 1 aliphatic carbocycles. The van der Waals surface area contributed by atoms with E-state index in [1.165, 1.54) is 41.4 Å². The number of amides is 1. The zero-order valence-corrected chi connectivity index (χ0v) is 15.1. The van der Waals surface area contributed by atoms with Crippen molar-refractivity contribution in [3.63, 3.8) is 0 Å². The van der Waals surface area contributed by atoms with Gasteiger partial charge in [-0.05, 0) is 37.3 Å². The first-order valence-corrected chi connectivity index (χ1v) is 9.36. The Morgan fingerprint density at radius 3 is 3.00 bits per heavy atom. The molecule has 138 valence electrons. The zero-order valence-electron chi connectivity index (χ0n) is 14.3. The van der Waals surface area contributed by atoms with Crippen molar-refractivity contribution >= 4 is 38.8 Å². The molecule has 9 heteroatoms. The molecule has 0 bridgehead atoms. The van der Waals surface area contributed by atoms with Crippen molar-refractivity contribution in [1.82, 2.24) is 9.97 Å². The Bertz CT molecular complexity index is 1030. The van der Waals surface area contributed by atoms with Crippen LogP contribution >= 0.6 is 11.3 Å². The molecule has 8 nitrogen and oxygen atoms in total. The fourth-order valence-corrected chi connectivity index (χ4v) is 4.42. The Kier molecular flexibility index (Phi) is 4.68. The molecule has 0 spiro atoms. The normalized spacial score (nSPS) is 13.2. The first kappa shape index (κ1) is 17.3. The maximum atomic E-state index is 12.2. The van der Waals surface area contributed by atoms with Crippen LogP contribution < -0.4 is 10.1 Å². The molecule has 1 N–H and O–H groups in total. The minimum absolute atomic E-state index is 0.0869. The fourth-order valence-electron chi connectivity index (χ4n) is 3.20. The number of fused-ring (bicyclic) bond motifs is 3. The summed E-state index contributed by atoms with van der Waals surface area (Å²) in [5.41, 5.74) is 1.49. The van der Waals surface area contributed by atoms with Gasteiger partial charge in [-0.3, -0.25) is 14.9 Å². The van der Waals surface area contributed by atoms with Crippen LogP contribution in [0.25, 0.3) is 10.2 Å². The van der Waals surface area contributed by atoms with Crippen molar-refractivity contribution in [2.75, 3.05) is 11.9 Å². The minimum Gasteiger partial charge on any atom is -0.467 e. The van der Waals surface area contributed by atoms with E-state index < -0.39 is 10.8 Å². The number of nitrogens with zero attached hydrogens (tertiary/aromatic N) is 3. The van der Waals surface area contributed by atoms with Crippen LogP contribution in [0.1, 0.15) is 23.3 Å². The number of hydrogen-bond donors (Lipinski definition) is 1. The van der Waals surface area contributed by atoms with E-state index in [1.807, 2.05) is 0 Å². The molecule has 0 fully saturated rings. The van der Waals surface area contributed by atoms with Gasteiger partial charge in [0.25, 0.3) is 11.6 Å². The van der Waals surface area contributed by atoms with Crippen LogP contribution in [0.15, 0.2) is 30.6 Å². The SMILES string of the molecule is O=C(COc1ncnc2sc3c(c12)CCCC3)Nc1cccc([N+](=O)[O-])c1. The van der Waals surface area contributed by atoms with Crippen molar-refractivity contribution in [3.8, 4) is 5.88 Å². The third-order valence-corrected chi connectivity index (χ3v) is 5.60. The molecule has 1 aliphatic rings. The van der Waals surface area contributed by atoms with E-state index in [9.17, 15) is 14.9 Å².